The highest BCUT2D eigenvalue weighted by molar-refractivity contribution is 9.10. The Morgan fingerprint density at radius 1 is 1.35 bits per heavy atom. The smallest absolute Gasteiger partial charge is 0.255 e. The molecule has 0 N–H and O–H groups in total. The van der Waals surface area contributed by atoms with Crippen LogP contribution in [0, 0.1) is 0 Å². The molecule has 1 aromatic carbocycles. The van der Waals surface area contributed by atoms with E-state index in [1.165, 1.54) is 0 Å². The Morgan fingerprint density at radius 2 is 2.00 bits per heavy atom. The first-order valence-corrected chi connectivity index (χ1v) is 8.18. The Hall–Kier alpha value is -0.580. The number of halogens is 2. The van der Waals surface area contributed by atoms with Gasteiger partial charge in [0, 0.05) is 41.7 Å². The molecule has 0 bridgehead atoms. The van der Waals surface area contributed by atoms with Crippen molar-refractivity contribution in [2.75, 3.05) is 26.2 Å². The Labute approximate surface area is 134 Å². The topological polar surface area (TPSA) is 23.6 Å². The highest BCUT2D eigenvalue weighted by Crippen LogP contribution is 2.23. The molecule has 1 saturated heterocycles. The second kappa shape index (κ2) is 6.92. The molecule has 1 amide bonds. The minimum atomic E-state index is 0.0585. The highest BCUT2D eigenvalue weighted by atomic mass is 79.9. The van der Waals surface area contributed by atoms with E-state index in [-0.39, 0.29) is 5.91 Å². The van der Waals surface area contributed by atoms with Gasteiger partial charge in [-0.2, -0.15) is 0 Å². The van der Waals surface area contributed by atoms with Gasteiger partial charge in [-0.15, -0.1) is 0 Å². The molecule has 1 aliphatic rings. The van der Waals surface area contributed by atoms with E-state index >= 15 is 0 Å². The summed E-state index contributed by atoms with van der Waals surface area (Å²) in [5.41, 5.74) is 0.648. The van der Waals surface area contributed by atoms with Gasteiger partial charge in [0.05, 0.1) is 5.56 Å². The van der Waals surface area contributed by atoms with Crippen molar-refractivity contribution >= 4 is 33.4 Å². The summed E-state index contributed by atoms with van der Waals surface area (Å²) in [7, 11) is 0. The minimum absolute atomic E-state index is 0.0585. The summed E-state index contributed by atoms with van der Waals surface area (Å²) in [5, 5.41) is 0.592. The average molecular weight is 360 g/mol. The van der Waals surface area contributed by atoms with Gasteiger partial charge in [0.2, 0.25) is 0 Å². The van der Waals surface area contributed by atoms with Crippen LogP contribution in [0.25, 0.3) is 0 Å². The molecule has 1 unspecified atom stereocenters. The lowest BCUT2D eigenvalue weighted by molar-refractivity contribution is 0.0579. The molecule has 5 heteroatoms. The molecule has 1 aromatic rings. The normalized spacial score (nSPS) is 18.1. The molecule has 0 aromatic heterocycles. The van der Waals surface area contributed by atoms with Gasteiger partial charge in [0.15, 0.2) is 0 Å². The molecule has 2 rings (SSSR count). The van der Waals surface area contributed by atoms with Gasteiger partial charge in [-0.3, -0.25) is 9.69 Å². The minimum Gasteiger partial charge on any atom is -0.336 e. The first kappa shape index (κ1) is 15.8. The first-order valence-electron chi connectivity index (χ1n) is 7.01. The van der Waals surface area contributed by atoms with Gasteiger partial charge in [-0.1, -0.05) is 18.5 Å². The summed E-state index contributed by atoms with van der Waals surface area (Å²) in [5.74, 6) is 0.0585. The zero-order chi connectivity index (χ0) is 14.7. The third kappa shape index (κ3) is 3.54. The number of rotatable bonds is 3. The standard InChI is InChI=1S/C15H20BrClN2O/c1-3-11(2)18-6-8-19(9-7-18)15(20)13-10-12(17)4-5-14(13)16/h4-5,10-11H,3,6-9H2,1-2H3. The van der Waals surface area contributed by atoms with E-state index in [1.807, 2.05) is 11.0 Å². The maximum Gasteiger partial charge on any atom is 0.255 e. The molecule has 0 aliphatic carbocycles. The quantitative estimate of drug-likeness (QED) is 0.822. The van der Waals surface area contributed by atoms with Crippen LogP contribution in [-0.2, 0) is 0 Å². The molecule has 0 saturated carbocycles. The van der Waals surface area contributed by atoms with E-state index in [0.717, 1.165) is 37.1 Å². The number of benzene rings is 1. The summed E-state index contributed by atoms with van der Waals surface area (Å²) >= 11 is 9.41. The summed E-state index contributed by atoms with van der Waals surface area (Å²) in [6.07, 6.45) is 1.15. The van der Waals surface area contributed by atoms with Crippen LogP contribution in [-0.4, -0.2) is 47.9 Å². The lowest BCUT2D eigenvalue weighted by atomic mass is 10.1. The van der Waals surface area contributed by atoms with Crippen molar-refractivity contribution in [3.8, 4) is 0 Å². The lowest BCUT2D eigenvalue weighted by Gasteiger charge is -2.38. The van der Waals surface area contributed by atoms with E-state index in [2.05, 4.69) is 34.7 Å². The lowest BCUT2D eigenvalue weighted by Crippen LogP contribution is -2.51. The Morgan fingerprint density at radius 3 is 2.60 bits per heavy atom. The van der Waals surface area contributed by atoms with Crippen LogP contribution in [0.5, 0.6) is 0 Å². The number of carbonyl (C=O) groups is 1. The van der Waals surface area contributed by atoms with Gasteiger partial charge in [0.1, 0.15) is 0 Å². The van der Waals surface area contributed by atoms with Crippen molar-refractivity contribution < 1.29 is 4.79 Å². The van der Waals surface area contributed by atoms with Crippen molar-refractivity contribution in [1.82, 2.24) is 9.80 Å². The predicted molar refractivity (Wildman–Crippen MR) is 86.4 cm³/mol. The second-order valence-corrected chi connectivity index (χ2v) is 6.50. The monoisotopic (exact) mass is 358 g/mol. The summed E-state index contributed by atoms with van der Waals surface area (Å²) in [4.78, 5) is 16.9. The van der Waals surface area contributed by atoms with Crippen molar-refractivity contribution in [1.29, 1.82) is 0 Å². The second-order valence-electron chi connectivity index (χ2n) is 5.21. The number of hydrogen-bond donors (Lipinski definition) is 0. The molecule has 3 nitrogen and oxygen atoms in total. The maximum absolute atomic E-state index is 12.5. The third-order valence-electron chi connectivity index (χ3n) is 3.97. The SMILES string of the molecule is CCC(C)N1CCN(C(=O)c2cc(Cl)ccc2Br)CC1. The Kier molecular flexibility index (Phi) is 5.47. The number of piperazine rings is 1. The molecular weight excluding hydrogens is 340 g/mol. The molecule has 0 spiro atoms. The van der Waals surface area contributed by atoms with Crippen LogP contribution in [0.3, 0.4) is 0 Å². The van der Waals surface area contributed by atoms with E-state index in [0.29, 0.717) is 16.6 Å². The average Bonchev–Trinajstić information content (AvgIpc) is 2.48. The van der Waals surface area contributed by atoms with Gasteiger partial charge in [-0.25, -0.2) is 0 Å². The van der Waals surface area contributed by atoms with Crippen LogP contribution < -0.4 is 0 Å². The number of amides is 1. The van der Waals surface area contributed by atoms with Gasteiger partial charge in [-0.05, 0) is 47.5 Å². The molecule has 110 valence electrons. The summed E-state index contributed by atoms with van der Waals surface area (Å²) in [6.45, 7) is 7.89. The highest BCUT2D eigenvalue weighted by Gasteiger charge is 2.25. The number of nitrogens with zero attached hydrogens (tertiary/aromatic N) is 2. The fraction of sp³-hybridized carbons (Fsp3) is 0.533. The van der Waals surface area contributed by atoms with Crippen LogP contribution in [0.15, 0.2) is 22.7 Å². The van der Waals surface area contributed by atoms with Gasteiger partial charge >= 0.3 is 0 Å². The fourth-order valence-electron chi connectivity index (χ4n) is 2.46. The van der Waals surface area contributed by atoms with Gasteiger partial charge in [0.25, 0.3) is 5.91 Å². The van der Waals surface area contributed by atoms with Crippen LogP contribution >= 0.6 is 27.5 Å². The summed E-state index contributed by atoms with van der Waals surface area (Å²) < 4.78 is 0.802. The first-order chi connectivity index (χ1) is 9.52. The number of hydrogen-bond acceptors (Lipinski definition) is 2. The largest absolute Gasteiger partial charge is 0.336 e. The Balaban J connectivity index is 2.03. The zero-order valence-electron chi connectivity index (χ0n) is 11.9. The molecule has 1 atom stereocenters. The number of carbonyl (C=O) groups excluding carboxylic acids is 1. The van der Waals surface area contributed by atoms with Crippen LogP contribution in [0.1, 0.15) is 30.6 Å². The predicted octanol–water partition coefficient (Wildman–Crippen LogP) is 3.66. The molecular formula is C15H20BrClN2O. The summed E-state index contributed by atoms with van der Waals surface area (Å²) in [6, 6.07) is 5.92. The molecule has 20 heavy (non-hydrogen) atoms. The maximum atomic E-state index is 12.5. The fourth-order valence-corrected chi connectivity index (χ4v) is 3.04. The Bertz CT molecular complexity index is 487. The molecule has 1 fully saturated rings. The zero-order valence-corrected chi connectivity index (χ0v) is 14.2. The van der Waals surface area contributed by atoms with Crippen molar-refractivity contribution in [3.63, 3.8) is 0 Å². The molecule has 0 radical (unpaired) electrons. The third-order valence-corrected chi connectivity index (χ3v) is 4.90. The molecule has 1 aliphatic heterocycles. The van der Waals surface area contributed by atoms with Crippen molar-refractivity contribution in [2.45, 2.75) is 26.3 Å². The van der Waals surface area contributed by atoms with Crippen LogP contribution in [0.2, 0.25) is 5.02 Å². The van der Waals surface area contributed by atoms with Gasteiger partial charge < -0.3 is 4.90 Å². The van der Waals surface area contributed by atoms with E-state index < -0.39 is 0 Å². The van der Waals surface area contributed by atoms with E-state index in [4.69, 9.17) is 11.6 Å². The van der Waals surface area contributed by atoms with E-state index in [1.54, 1.807) is 12.1 Å². The van der Waals surface area contributed by atoms with E-state index in [9.17, 15) is 4.79 Å². The van der Waals surface area contributed by atoms with Crippen LogP contribution in [0.4, 0.5) is 0 Å². The molecule has 1 heterocycles. The van der Waals surface area contributed by atoms with Crippen molar-refractivity contribution in [3.05, 3.63) is 33.3 Å². The van der Waals surface area contributed by atoms with Crippen molar-refractivity contribution in [2.24, 2.45) is 0 Å².